The Morgan fingerprint density at radius 2 is 2.00 bits per heavy atom. The monoisotopic (exact) mass is 349 g/mol. The molecule has 0 saturated carbocycles. The number of likely N-dealkylation sites (N-methyl/N-ethyl adjacent to an activating group) is 1. The molecule has 0 radical (unpaired) electrons. The molecule has 1 aromatic carbocycles. The maximum Gasteiger partial charge on any atom is 0.0951 e. The summed E-state index contributed by atoms with van der Waals surface area (Å²) in [4.78, 5) is 6.78. The van der Waals surface area contributed by atoms with Gasteiger partial charge in [0.15, 0.2) is 0 Å². The molecule has 0 spiro atoms. The summed E-state index contributed by atoms with van der Waals surface area (Å²) in [6.45, 7) is 7.43. The predicted octanol–water partition coefficient (Wildman–Crippen LogP) is 3.52. The van der Waals surface area contributed by atoms with E-state index in [2.05, 4.69) is 65.6 Å². The highest BCUT2D eigenvalue weighted by Gasteiger charge is 2.23. The number of fused-ring (bicyclic) bond motifs is 1. The van der Waals surface area contributed by atoms with Crippen LogP contribution in [-0.2, 0) is 26.4 Å². The van der Waals surface area contributed by atoms with E-state index in [0.717, 1.165) is 25.1 Å². The number of hydrogen-bond acceptors (Lipinski definition) is 3. The van der Waals surface area contributed by atoms with Crippen LogP contribution < -0.4 is 4.90 Å². The highest BCUT2D eigenvalue weighted by atomic mass is 15.3. The van der Waals surface area contributed by atoms with E-state index in [-0.39, 0.29) is 0 Å². The van der Waals surface area contributed by atoms with Crippen LogP contribution in [0.25, 0.3) is 11.3 Å². The molecule has 3 aromatic rings. The second kappa shape index (κ2) is 6.31. The SMILES string of the molecule is Cc1nn(C)c(C)c1CCn1cncc1-c1ccc2c(c1)C[C@H](C)N2C. The molecule has 3 heterocycles. The van der Waals surface area contributed by atoms with Gasteiger partial charge in [-0.3, -0.25) is 4.68 Å². The molecule has 1 atom stereocenters. The largest absolute Gasteiger partial charge is 0.371 e. The predicted molar refractivity (Wildman–Crippen MR) is 106 cm³/mol. The van der Waals surface area contributed by atoms with Gasteiger partial charge in [-0.25, -0.2) is 4.98 Å². The van der Waals surface area contributed by atoms with Crippen LogP contribution in [0.4, 0.5) is 5.69 Å². The summed E-state index contributed by atoms with van der Waals surface area (Å²) >= 11 is 0. The Labute approximate surface area is 155 Å². The third kappa shape index (κ3) is 2.71. The van der Waals surface area contributed by atoms with Gasteiger partial charge in [0.1, 0.15) is 0 Å². The first-order valence-corrected chi connectivity index (χ1v) is 9.31. The third-order valence-corrected chi connectivity index (χ3v) is 5.91. The minimum atomic E-state index is 0.571. The molecule has 0 saturated heterocycles. The van der Waals surface area contributed by atoms with Crippen molar-refractivity contribution in [3.63, 3.8) is 0 Å². The van der Waals surface area contributed by atoms with Gasteiger partial charge in [-0.2, -0.15) is 5.10 Å². The van der Waals surface area contributed by atoms with Crippen LogP contribution in [0.3, 0.4) is 0 Å². The number of aryl methyl sites for hydroxylation is 3. The van der Waals surface area contributed by atoms with Crippen LogP contribution >= 0.6 is 0 Å². The molecular formula is C21H27N5. The topological polar surface area (TPSA) is 38.9 Å². The van der Waals surface area contributed by atoms with Crippen molar-refractivity contribution in [1.82, 2.24) is 19.3 Å². The fourth-order valence-corrected chi connectivity index (χ4v) is 4.10. The van der Waals surface area contributed by atoms with E-state index in [9.17, 15) is 0 Å². The Morgan fingerprint density at radius 1 is 1.19 bits per heavy atom. The zero-order valence-corrected chi connectivity index (χ0v) is 16.3. The lowest BCUT2D eigenvalue weighted by Crippen LogP contribution is -2.23. The molecule has 26 heavy (non-hydrogen) atoms. The zero-order valence-electron chi connectivity index (χ0n) is 16.3. The van der Waals surface area contributed by atoms with Crippen molar-refractivity contribution < 1.29 is 0 Å². The second-order valence-electron chi connectivity index (χ2n) is 7.50. The van der Waals surface area contributed by atoms with Gasteiger partial charge >= 0.3 is 0 Å². The van der Waals surface area contributed by atoms with Crippen molar-refractivity contribution >= 4 is 5.69 Å². The first-order chi connectivity index (χ1) is 12.5. The Hall–Kier alpha value is -2.56. The Balaban J connectivity index is 1.59. The fraction of sp³-hybridized carbons (Fsp3) is 0.429. The molecule has 0 bridgehead atoms. The van der Waals surface area contributed by atoms with Crippen molar-refractivity contribution in [1.29, 1.82) is 0 Å². The van der Waals surface area contributed by atoms with Crippen LogP contribution in [0, 0.1) is 13.8 Å². The third-order valence-electron chi connectivity index (χ3n) is 5.91. The smallest absolute Gasteiger partial charge is 0.0951 e. The van der Waals surface area contributed by atoms with Gasteiger partial charge in [0.2, 0.25) is 0 Å². The van der Waals surface area contributed by atoms with Gasteiger partial charge in [0, 0.05) is 43.6 Å². The lowest BCUT2D eigenvalue weighted by Gasteiger charge is -2.18. The summed E-state index contributed by atoms with van der Waals surface area (Å²) in [5.74, 6) is 0. The fourth-order valence-electron chi connectivity index (χ4n) is 4.10. The number of anilines is 1. The number of benzene rings is 1. The standard InChI is InChI=1S/C21H27N5/c1-14-10-18-11-17(6-7-20(18)24(14)4)21-12-22-13-26(21)9-8-19-15(2)23-25(5)16(19)3/h6-7,11-14H,8-10H2,1-5H3/t14-/m0/s1. The Kier molecular flexibility index (Phi) is 4.10. The number of rotatable bonds is 4. The molecule has 4 rings (SSSR count). The summed E-state index contributed by atoms with van der Waals surface area (Å²) in [5, 5.41) is 4.53. The first-order valence-electron chi connectivity index (χ1n) is 9.31. The van der Waals surface area contributed by atoms with Gasteiger partial charge in [-0.05, 0) is 56.9 Å². The number of nitrogens with zero attached hydrogens (tertiary/aromatic N) is 5. The number of imidazole rings is 1. The molecule has 136 valence electrons. The Bertz CT molecular complexity index is 949. The van der Waals surface area contributed by atoms with E-state index < -0.39 is 0 Å². The van der Waals surface area contributed by atoms with E-state index in [1.54, 1.807) is 0 Å². The van der Waals surface area contributed by atoms with E-state index >= 15 is 0 Å². The zero-order chi connectivity index (χ0) is 18.4. The van der Waals surface area contributed by atoms with Gasteiger partial charge in [0.25, 0.3) is 0 Å². The van der Waals surface area contributed by atoms with Gasteiger partial charge in [-0.15, -0.1) is 0 Å². The molecular weight excluding hydrogens is 322 g/mol. The average molecular weight is 349 g/mol. The van der Waals surface area contributed by atoms with E-state index in [1.807, 2.05) is 24.3 Å². The molecule has 0 unspecified atom stereocenters. The molecule has 0 aliphatic carbocycles. The normalized spacial score (nSPS) is 16.3. The summed E-state index contributed by atoms with van der Waals surface area (Å²) in [6.07, 6.45) is 6.01. The van der Waals surface area contributed by atoms with Crippen molar-refractivity contribution in [2.75, 3.05) is 11.9 Å². The minimum absolute atomic E-state index is 0.571. The molecule has 0 N–H and O–H groups in total. The Morgan fingerprint density at radius 3 is 2.73 bits per heavy atom. The molecule has 5 heteroatoms. The maximum absolute atomic E-state index is 4.53. The van der Waals surface area contributed by atoms with Gasteiger partial charge < -0.3 is 9.47 Å². The average Bonchev–Trinajstić information content (AvgIpc) is 3.25. The summed E-state index contributed by atoms with van der Waals surface area (Å²) in [5.41, 5.74) is 8.95. The van der Waals surface area contributed by atoms with Crippen LogP contribution in [0.15, 0.2) is 30.7 Å². The van der Waals surface area contributed by atoms with Crippen molar-refractivity contribution in [2.45, 2.75) is 46.2 Å². The quantitative estimate of drug-likeness (QED) is 0.723. The molecule has 5 nitrogen and oxygen atoms in total. The minimum Gasteiger partial charge on any atom is -0.371 e. The highest BCUT2D eigenvalue weighted by molar-refractivity contribution is 5.69. The lowest BCUT2D eigenvalue weighted by atomic mass is 10.0. The summed E-state index contributed by atoms with van der Waals surface area (Å²) in [7, 11) is 4.19. The number of aromatic nitrogens is 4. The molecule has 1 aliphatic rings. The second-order valence-corrected chi connectivity index (χ2v) is 7.50. The number of hydrogen-bond donors (Lipinski definition) is 0. The van der Waals surface area contributed by atoms with E-state index in [0.29, 0.717) is 6.04 Å². The van der Waals surface area contributed by atoms with Gasteiger partial charge in [-0.1, -0.05) is 6.07 Å². The van der Waals surface area contributed by atoms with Crippen molar-refractivity contribution in [2.24, 2.45) is 7.05 Å². The van der Waals surface area contributed by atoms with Gasteiger partial charge in [0.05, 0.1) is 23.9 Å². The highest BCUT2D eigenvalue weighted by Crippen LogP contribution is 2.34. The molecule has 1 aliphatic heterocycles. The van der Waals surface area contributed by atoms with Crippen molar-refractivity contribution in [3.05, 3.63) is 53.2 Å². The van der Waals surface area contributed by atoms with E-state index in [4.69, 9.17) is 0 Å². The van der Waals surface area contributed by atoms with Crippen molar-refractivity contribution in [3.8, 4) is 11.3 Å². The summed E-state index contributed by atoms with van der Waals surface area (Å²) < 4.78 is 4.23. The van der Waals surface area contributed by atoms with Crippen LogP contribution in [0.2, 0.25) is 0 Å². The molecule has 0 amide bonds. The van der Waals surface area contributed by atoms with Crippen LogP contribution in [0.5, 0.6) is 0 Å². The maximum atomic E-state index is 4.53. The molecule has 0 fully saturated rings. The van der Waals surface area contributed by atoms with Crippen LogP contribution in [0.1, 0.15) is 29.4 Å². The van der Waals surface area contributed by atoms with Crippen LogP contribution in [-0.4, -0.2) is 32.4 Å². The first kappa shape index (κ1) is 16.9. The van der Waals surface area contributed by atoms with E-state index in [1.165, 1.54) is 33.8 Å². The lowest BCUT2D eigenvalue weighted by molar-refractivity contribution is 0.693. The summed E-state index contributed by atoms with van der Waals surface area (Å²) in [6, 6.07) is 7.38. The molecule has 2 aromatic heterocycles.